The van der Waals surface area contributed by atoms with Crippen LogP contribution >= 0.6 is 11.6 Å². The molecule has 1 aromatic heterocycles. The third-order valence-corrected chi connectivity index (χ3v) is 4.90. The van der Waals surface area contributed by atoms with Crippen LogP contribution in [0.1, 0.15) is 37.8 Å². The van der Waals surface area contributed by atoms with Crippen molar-refractivity contribution in [1.82, 2.24) is 9.88 Å². The van der Waals surface area contributed by atoms with Gasteiger partial charge in [0.15, 0.2) is 0 Å². The number of pyridine rings is 1. The molecular weight excluding hydrogens is 270 g/mol. The number of hydrogen-bond donors (Lipinski definition) is 0. The molecule has 0 aliphatic carbocycles. The largest absolute Gasteiger partial charge is 0.356 e. The van der Waals surface area contributed by atoms with Crippen LogP contribution in [0.2, 0.25) is 0 Å². The van der Waals surface area contributed by atoms with Gasteiger partial charge in [-0.2, -0.15) is 0 Å². The van der Waals surface area contributed by atoms with Crippen LogP contribution in [0.3, 0.4) is 0 Å². The number of piperidine rings is 2. The zero-order valence-corrected chi connectivity index (χ0v) is 12.9. The molecule has 1 aromatic rings. The minimum Gasteiger partial charge on any atom is -0.356 e. The van der Waals surface area contributed by atoms with Crippen molar-refractivity contribution in [2.75, 3.05) is 31.1 Å². The molecule has 3 rings (SSSR count). The monoisotopic (exact) mass is 293 g/mol. The van der Waals surface area contributed by atoms with Crippen LogP contribution in [0.25, 0.3) is 0 Å². The average molecular weight is 294 g/mol. The summed E-state index contributed by atoms with van der Waals surface area (Å²) in [5, 5.41) is 0. The first-order valence-corrected chi connectivity index (χ1v) is 8.41. The fraction of sp³-hybridized carbons (Fsp3) is 0.688. The molecule has 3 nitrogen and oxygen atoms in total. The smallest absolute Gasteiger partial charge is 0.128 e. The predicted octanol–water partition coefficient (Wildman–Crippen LogP) is 3.28. The van der Waals surface area contributed by atoms with Crippen molar-refractivity contribution in [3.63, 3.8) is 0 Å². The fourth-order valence-electron chi connectivity index (χ4n) is 3.46. The van der Waals surface area contributed by atoms with Crippen LogP contribution < -0.4 is 4.90 Å². The van der Waals surface area contributed by atoms with Gasteiger partial charge < -0.3 is 9.80 Å². The Morgan fingerprint density at radius 1 is 1.05 bits per heavy atom. The molecule has 2 saturated heterocycles. The maximum Gasteiger partial charge on any atom is 0.128 e. The van der Waals surface area contributed by atoms with Gasteiger partial charge in [0, 0.05) is 19.1 Å². The second-order valence-corrected chi connectivity index (χ2v) is 6.20. The van der Waals surface area contributed by atoms with Gasteiger partial charge in [0.1, 0.15) is 5.82 Å². The highest BCUT2D eigenvalue weighted by atomic mass is 35.5. The normalized spacial score (nSPS) is 22.1. The Morgan fingerprint density at radius 2 is 1.80 bits per heavy atom. The van der Waals surface area contributed by atoms with E-state index in [0.717, 1.165) is 30.6 Å². The Bertz CT molecular complexity index is 423. The minimum absolute atomic E-state index is 0.498. The van der Waals surface area contributed by atoms with Crippen molar-refractivity contribution in [3.8, 4) is 0 Å². The van der Waals surface area contributed by atoms with Crippen LogP contribution in [0, 0.1) is 0 Å². The molecule has 0 atom stereocenters. The van der Waals surface area contributed by atoms with E-state index in [9.17, 15) is 0 Å². The van der Waals surface area contributed by atoms with Gasteiger partial charge >= 0.3 is 0 Å². The lowest BCUT2D eigenvalue weighted by Gasteiger charge is -2.40. The van der Waals surface area contributed by atoms with Crippen molar-refractivity contribution < 1.29 is 0 Å². The second-order valence-electron chi connectivity index (χ2n) is 5.94. The summed E-state index contributed by atoms with van der Waals surface area (Å²) >= 11 is 5.87. The maximum absolute atomic E-state index is 5.87. The summed E-state index contributed by atoms with van der Waals surface area (Å²) in [6.07, 6.45) is 6.74. The summed E-state index contributed by atoms with van der Waals surface area (Å²) in [4.78, 5) is 9.76. The average Bonchev–Trinajstić information content (AvgIpc) is 2.56. The van der Waals surface area contributed by atoms with Crippen molar-refractivity contribution in [1.29, 1.82) is 0 Å². The Balaban J connectivity index is 1.57. The molecule has 0 N–H and O–H groups in total. The summed E-state index contributed by atoms with van der Waals surface area (Å²) in [5.74, 6) is 1.60. The summed E-state index contributed by atoms with van der Waals surface area (Å²) < 4.78 is 0. The molecule has 0 radical (unpaired) electrons. The number of rotatable bonds is 3. The van der Waals surface area contributed by atoms with E-state index in [0.29, 0.717) is 5.88 Å². The van der Waals surface area contributed by atoms with Gasteiger partial charge in [0.05, 0.1) is 11.6 Å². The lowest BCUT2D eigenvalue weighted by atomic mass is 10.00. The van der Waals surface area contributed by atoms with Crippen LogP contribution in [-0.4, -0.2) is 42.1 Å². The summed E-state index contributed by atoms with van der Waals surface area (Å²) in [5.41, 5.74) is 0.974. The Hall–Kier alpha value is -0.800. The zero-order chi connectivity index (χ0) is 13.8. The van der Waals surface area contributed by atoms with Gasteiger partial charge in [-0.3, -0.25) is 0 Å². The molecule has 0 amide bonds. The topological polar surface area (TPSA) is 19.4 Å². The minimum atomic E-state index is 0.498. The van der Waals surface area contributed by atoms with Crippen molar-refractivity contribution in [2.24, 2.45) is 0 Å². The van der Waals surface area contributed by atoms with Gasteiger partial charge in [-0.1, -0.05) is 12.5 Å². The SMILES string of the molecule is ClCc1cccc(N2CCC(N3CCCCC3)CC2)n1. The van der Waals surface area contributed by atoms with E-state index in [2.05, 4.69) is 26.9 Å². The highest BCUT2D eigenvalue weighted by Gasteiger charge is 2.25. The van der Waals surface area contributed by atoms with Crippen molar-refractivity contribution >= 4 is 17.4 Å². The van der Waals surface area contributed by atoms with Gasteiger partial charge in [-0.05, 0) is 50.9 Å². The Kier molecular flexibility index (Phi) is 4.79. The number of halogens is 1. The number of hydrogen-bond acceptors (Lipinski definition) is 3. The molecule has 110 valence electrons. The lowest BCUT2D eigenvalue weighted by molar-refractivity contribution is 0.141. The molecule has 0 unspecified atom stereocenters. The fourth-order valence-corrected chi connectivity index (χ4v) is 3.61. The van der Waals surface area contributed by atoms with E-state index < -0.39 is 0 Å². The highest BCUT2D eigenvalue weighted by Crippen LogP contribution is 2.23. The predicted molar refractivity (Wildman–Crippen MR) is 84.5 cm³/mol. The molecule has 2 aliphatic rings. The standard InChI is InChI=1S/C16H24ClN3/c17-13-14-5-4-6-16(18-14)20-11-7-15(8-12-20)19-9-2-1-3-10-19/h4-6,15H,1-3,7-13H2. The van der Waals surface area contributed by atoms with Gasteiger partial charge in [0.2, 0.25) is 0 Å². The number of aromatic nitrogens is 1. The molecule has 2 aliphatic heterocycles. The van der Waals surface area contributed by atoms with Crippen molar-refractivity contribution in [3.05, 3.63) is 23.9 Å². The third kappa shape index (κ3) is 3.26. The van der Waals surface area contributed by atoms with Gasteiger partial charge in [-0.25, -0.2) is 4.98 Å². The summed E-state index contributed by atoms with van der Waals surface area (Å²) in [6.45, 7) is 4.87. The first-order chi connectivity index (χ1) is 9.86. The van der Waals surface area contributed by atoms with E-state index in [1.807, 2.05) is 6.07 Å². The Morgan fingerprint density at radius 3 is 2.50 bits per heavy atom. The van der Waals surface area contributed by atoms with Crippen LogP contribution in [0.5, 0.6) is 0 Å². The number of likely N-dealkylation sites (tertiary alicyclic amines) is 1. The third-order valence-electron chi connectivity index (χ3n) is 4.62. The molecule has 0 spiro atoms. The molecule has 0 aromatic carbocycles. The van der Waals surface area contributed by atoms with E-state index in [4.69, 9.17) is 11.6 Å². The van der Waals surface area contributed by atoms with E-state index in [1.165, 1.54) is 45.2 Å². The van der Waals surface area contributed by atoms with Crippen LogP contribution in [0.15, 0.2) is 18.2 Å². The van der Waals surface area contributed by atoms with Crippen LogP contribution in [0.4, 0.5) is 5.82 Å². The molecule has 4 heteroatoms. The van der Waals surface area contributed by atoms with Crippen molar-refractivity contribution in [2.45, 2.75) is 44.0 Å². The highest BCUT2D eigenvalue weighted by molar-refractivity contribution is 6.16. The van der Waals surface area contributed by atoms with E-state index >= 15 is 0 Å². The quantitative estimate of drug-likeness (QED) is 0.797. The molecular formula is C16H24ClN3. The zero-order valence-electron chi connectivity index (χ0n) is 12.1. The molecule has 0 bridgehead atoms. The van der Waals surface area contributed by atoms with Gasteiger partial charge in [0.25, 0.3) is 0 Å². The van der Waals surface area contributed by atoms with Gasteiger partial charge in [-0.15, -0.1) is 11.6 Å². The molecule has 0 saturated carbocycles. The Labute approximate surface area is 126 Å². The number of anilines is 1. The summed E-state index contributed by atoms with van der Waals surface area (Å²) in [6, 6.07) is 6.97. The first kappa shape index (κ1) is 14.2. The summed E-state index contributed by atoms with van der Waals surface area (Å²) in [7, 11) is 0. The lowest BCUT2D eigenvalue weighted by Crippen LogP contribution is -2.46. The molecule has 20 heavy (non-hydrogen) atoms. The second kappa shape index (κ2) is 6.77. The number of alkyl halides is 1. The van der Waals surface area contributed by atoms with Crippen LogP contribution in [-0.2, 0) is 5.88 Å². The molecule has 2 fully saturated rings. The first-order valence-electron chi connectivity index (χ1n) is 7.88. The van der Waals surface area contributed by atoms with E-state index in [1.54, 1.807) is 0 Å². The van der Waals surface area contributed by atoms with E-state index in [-0.39, 0.29) is 0 Å². The number of nitrogens with zero attached hydrogens (tertiary/aromatic N) is 3. The molecule has 3 heterocycles. The maximum atomic E-state index is 5.87.